The molecule has 0 fully saturated rings. The van der Waals surface area contributed by atoms with Crippen LogP contribution in [0.4, 0.5) is 5.82 Å². The molecule has 2 rings (SSSR count). The van der Waals surface area contributed by atoms with Crippen molar-refractivity contribution in [3.05, 3.63) is 30.2 Å². The molecule has 0 aliphatic rings. The van der Waals surface area contributed by atoms with Gasteiger partial charge in [0.25, 0.3) is 0 Å². The van der Waals surface area contributed by atoms with Crippen LogP contribution in [0, 0.1) is 11.3 Å². The van der Waals surface area contributed by atoms with Gasteiger partial charge in [0.1, 0.15) is 18.2 Å². The van der Waals surface area contributed by atoms with Gasteiger partial charge < -0.3 is 5.32 Å². The molecule has 0 saturated heterocycles. The lowest BCUT2D eigenvalue weighted by molar-refractivity contribution is 0.788. The maximum absolute atomic E-state index is 8.83. The molecule has 0 aliphatic carbocycles. The molecule has 1 unspecified atom stereocenters. The van der Waals surface area contributed by atoms with Crippen LogP contribution < -0.4 is 5.32 Å². The number of H-pyrrole nitrogens is 1. The first-order chi connectivity index (χ1) is 7.81. The average Bonchev–Trinajstić information content (AvgIpc) is 2.83. The monoisotopic (exact) mass is 215 g/mol. The zero-order valence-electron chi connectivity index (χ0n) is 8.55. The second kappa shape index (κ2) is 4.35. The lowest BCUT2D eigenvalue weighted by Gasteiger charge is -2.11. The van der Waals surface area contributed by atoms with Gasteiger partial charge in [0, 0.05) is 12.4 Å². The molecule has 7 nitrogen and oxygen atoms in total. The largest absolute Gasteiger partial charge is 0.358 e. The van der Waals surface area contributed by atoms with Crippen molar-refractivity contribution in [3.8, 4) is 6.07 Å². The van der Waals surface area contributed by atoms with Crippen molar-refractivity contribution in [2.75, 3.05) is 5.32 Å². The van der Waals surface area contributed by atoms with Crippen LogP contribution in [0.25, 0.3) is 0 Å². The van der Waals surface area contributed by atoms with E-state index >= 15 is 0 Å². The SMILES string of the molecule is CC(Nc1nccnc1C#N)c1ncn[nH]1. The highest BCUT2D eigenvalue weighted by Crippen LogP contribution is 2.15. The van der Waals surface area contributed by atoms with Crippen LogP contribution in [0.2, 0.25) is 0 Å². The van der Waals surface area contributed by atoms with Gasteiger partial charge in [-0.25, -0.2) is 15.0 Å². The Hall–Kier alpha value is -2.49. The fourth-order valence-corrected chi connectivity index (χ4v) is 1.22. The summed E-state index contributed by atoms with van der Waals surface area (Å²) < 4.78 is 0. The molecule has 2 aromatic rings. The number of anilines is 1. The minimum Gasteiger partial charge on any atom is -0.358 e. The summed E-state index contributed by atoms with van der Waals surface area (Å²) >= 11 is 0. The predicted octanol–water partition coefficient (Wildman–Crippen LogP) is 0.639. The Morgan fingerprint density at radius 3 is 2.88 bits per heavy atom. The van der Waals surface area contributed by atoms with E-state index in [1.807, 2.05) is 13.0 Å². The van der Waals surface area contributed by atoms with Gasteiger partial charge in [-0.1, -0.05) is 0 Å². The number of aromatic amines is 1. The van der Waals surface area contributed by atoms with Crippen LogP contribution in [0.3, 0.4) is 0 Å². The molecule has 2 aromatic heterocycles. The molecule has 0 amide bonds. The van der Waals surface area contributed by atoms with Crippen LogP contribution in [0.1, 0.15) is 24.5 Å². The molecular formula is C9H9N7. The van der Waals surface area contributed by atoms with E-state index in [1.54, 1.807) is 0 Å². The second-order valence-corrected chi connectivity index (χ2v) is 3.10. The summed E-state index contributed by atoms with van der Waals surface area (Å²) in [6.07, 6.45) is 4.43. The molecule has 80 valence electrons. The van der Waals surface area contributed by atoms with Crippen molar-refractivity contribution in [1.82, 2.24) is 25.1 Å². The Morgan fingerprint density at radius 2 is 2.19 bits per heavy atom. The first kappa shape index (κ1) is 10.0. The minimum atomic E-state index is -0.119. The molecule has 16 heavy (non-hydrogen) atoms. The van der Waals surface area contributed by atoms with E-state index in [2.05, 4.69) is 30.5 Å². The Morgan fingerprint density at radius 1 is 1.38 bits per heavy atom. The summed E-state index contributed by atoms with van der Waals surface area (Å²) in [6.45, 7) is 1.89. The second-order valence-electron chi connectivity index (χ2n) is 3.10. The van der Waals surface area contributed by atoms with Gasteiger partial charge in [0.05, 0.1) is 6.04 Å². The maximum Gasteiger partial charge on any atom is 0.182 e. The Bertz CT molecular complexity index is 499. The Balaban J connectivity index is 2.19. The van der Waals surface area contributed by atoms with Gasteiger partial charge in [-0.05, 0) is 6.92 Å². The van der Waals surface area contributed by atoms with E-state index in [0.29, 0.717) is 11.6 Å². The van der Waals surface area contributed by atoms with Gasteiger partial charge in [0.2, 0.25) is 0 Å². The maximum atomic E-state index is 8.83. The number of rotatable bonds is 3. The summed E-state index contributed by atoms with van der Waals surface area (Å²) in [5.41, 5.74) is 0.258. The molecule has 0 spiro atoms. The summed E-state index contributed by atoms with van der Waals surface area (Å²) in [5.74, 6) is 1.11. The lowest BCUT2D eigenvalue weighted by Crippen LogP contribution is -2.11. The molecule has 0 aliphatic heterocycles. The highest BCUT2D eigenvalue weighted by atomic mass is 15.2. The van der Waals surface area contributed by atoms with Gasteiger partial charge >= 0.3 is 0 Å². The molecule has 0 bridgehead atoms. The number of aromatic nitrogens is 5. The fraction of sp³-hybridized carbons (Fsp3) is 0.222. The molecule has 0 saturated carbocycles. The van der Waals surface area contributed by atoms with E-state index in [1.165, 1.54) is 18.7 Å². The van der Waals surface area contributed by atoms with E-state index in [9.17, 15) is 0 Å². The number of nitrogens with one attached hydrogen (secondary N) is 2. The predicted molar refractivity (Wildman–Crippen MR) is 55.2 cm³/mol. The summed E-state index contributed by atoms with van der Waals surface area (Å²) in [7, 11) is 0. The van der Waals surface area contributed by atoms with Crippen LogP contribution in [0.15, 0.2) is 18.7 Å². The average molecular weight is 215 g/mol. The third kappa shape index (κ3) is 1.95. The van der Waals surface area contributed by atoms with Crippen molar-refractivity contribution >= 4 is 5.82 Å². The lowest BCUT2D eigenvalue weighted by atomic mass is 10.3. The molecule has 0 aromatic carbocycles. The number of nitrogens with zero attached hydrogens (tertiary/aromatic N) is 5. The van der Waals surface area contributed by atoms with Crippen LogP contribution in [0.5, 0.6) is 0 Å². The fourth-order valence-electron chi connectivity index (χ4n) is 1.22. The Labute approximate surface area is 91.6 Å². The molecule has 1 atom stereocenters. The standard InChI is InChI=1S/C9H9N7/c1-6(8-13-5-14-16-8)15-9-7(4-10)11-2-3-12-9/h2-3,5-6H,1H3,(H,12,15)(H,13,14,16). The molecular weight excluding hydrogens is 206 g/mol. The molecule has 2 N–H and O–H groups in total. The summed E-state index contributed by atoms with van der Waals surface area (Å²) in [4.78, 5) is 11.9. The zero-order valence-corrected chi connectivity index (χ0v) is 8.55. The molecule has 2 heterocycles. The minimum absolute atomic E-state index is 0.119. The van der Waals surface area contributed by atoms with Gasteiger partial charge in [-0.15, -0.1) is 0 Å². The van der Waals surface area contributed by atoms with Crippen molar-refractivity contribution in [2.45, 2.75) is 13.0 Å². The van der Waals surface area contributed by atoms with Gasteiger partial charge in [-0.2, -0.15) is 10.4 Å². The Kier molecular flexibility index (Phi) is 2.73. The highest BCUT2D eigenvalue weighted by Gasteiger charge is 2.11. The third-order valence-electron chi connectivity index (χ3n) is 2.00. The van der Waals surface area contributed by atoms with Crippen LogP contribution in [-0.4, -0.2) is 25.1 Å². The van der Waals surface area contributed by atoms with Crippen LogP contribution in [-0.2, 0) is 0 Å². The van der Waals surface area contributed by atoms with Gasteiger partial charge in [-0.3, -0.25) is 5.10 Å². The van der Waals surface area contributed by atoms with Crippen LogP contribution >= 0.6 is 0 Å². The van der Waals surface area contributed by atoms with Crippen molar-refractivity contribution in [1.29, 1.82) is 5.26 Å². The smallest absolute Gasteiger partial charge is 0.182 e. The first-order valence-corrected chi connectivity index (χ1v) is 4.64. The number of nitriles is 1. The molecule has 7 heteroatoms. The van der Waals surface area contributed by atoms with Gasteiger partial charge in [0.15, 0.2) is 11.5 Å². The van der Waals surface area contributed by atoms with E-state index in [0.717, 1.165) is 0 Å². The van der Waals surface area contributed by atoms with E-state index in [4.69, 9.17) is 5.26 Å². The topological polar surface area (TPSA) is 103 Å². The molecule has 0 radical (unpaired) electrons. The zero-order chi connectivity index (χ0) is 11.4. The van der Waals surface area contributed by atoms with E-state index < -0.39 is 0 Å². The summed E-state index contributed by atoms with van der Waals surface area (Å²) in [6, 6.07) is 1.84. The van der Waals surface area contributed by atoms with E-state index in [-0.39, 0.29) is 11.7 Å². The quantitative estimate of drug-likeness (QED) is 0.778. The van der Waals surface area contributed by atoms with Crippen molar-refractivity contribution in [3.63, 3.8) is 0 Å². The van der Waals surface area contributed by atoms with Crippen molar-refractivity contribution < 1.29 is 0 Å². The first-order valence-electron chi connectivity index (χ1n) is 4.64. The van der Waals surface area contributed by atoms with Crippen molar-refractivity contribution in [2.24, 2.45) is 0 Å². The third-order valence-corrected chi connectivity index (χ3v) is 2.00. The normalized spacial score (nSPS) is 11.8. The summed E-state index contributed by atoms with van der Waals surface area (Å²) in [5, 5.41) is 18.4. The number of hydrogen-bond donors (Lipinski definition) is 2. The highest BCUT2D eigenvalue weighted by molar-refractivity contribution is 5.47. The number of hydrogen-bond acceptors (Lipinski definition) is 6.